The smallest absolute Gasteiger partial charge is 0.493 e. The first-order chi connectivity index (χ1) is 30.5. The molecule has 5 aromatic carbocycles. The standard InChI is InChI=1S/C45H36F6N2O12/c1-60-38-21-27(9-16-36(38)64-44(46,47)48)41(56)62-33-12-4-25(5-13-33)3-11-32(54)24-35(29-19-30(52)23-31(53)20-29)43(58,59)40(55)18-8-26-6-14-34(15-7-26)63-42(57)28-10-17-37(39(22-28)61-2)65-45(49,50)51/h3-23,35,58-59H,24,52-53H2,1-2H3/b11-3+,18-8+. The van der Waals surface area contributed by atoms with Crippen LogP contribution in [0.4, 0.5) is 37.7 Å². The van der Waals surface area contributed by atoms with Crippen LogP contribution in [0.2, 0.25) is 0 Å². The summed E-state index contributed by atoms with van der Waals surface area (Å²) in [6.45, 7) is 0. The molecule has 0 aromatic heterocycles. The van der Waals surface area contributed by atoms with Crippen molar-refractivity contribution in [3.05, 3.63) is 143 Å². The summed E-state index contributed by atoms with van der Waals surface area (Å²) < 4.78 is 104. The second kappa shape index (κ2) is 20.1. The monoisotopic (exact) mass is 910 g/mol. The lowest BCUT2D eigenvalue weighted by atomic mass is 9.83. The van der Waals surface area contributed by atoms with Gasteiger partial charge in [-0.3, -0.25) is 9.59 Å². The number of methoxy groups -OCH3 is 2. The van der Waals surface area contributed by atoms with E-state index in [0.717, 1.165) is 62.8 Å². The van der Waals surface area contributed by atoms with Gasteiger partial charge in [0, 0.05) is 17.8 Å². The van der Waals surface area contributed by atoms with Crippen LogP contribution in [0.25, 0.3) is 12.2 Å². The van der Waals surface area contributed by atoms with Gasteiger partial charge in [0.1, 0.15) is 11.5 Å². The molecule has 0 aliphatic carbocycles. The molecule has 0 amide bonds. The number of nitrogens with two attached hydrogens (primary N) is 2. The van der Waals surface area contributed by atoms with Crippen LogP contribution < -0.4 is 39.9 Å². The number of halogens is 6. The third-order valence-corrected chi connectivity index (χ3v) is 8.98. The normalized spacial score (nSPS) is 12.4. The number of alkyl halides is 6. The van der Waals surface area contributed by atoms with Gasteiger partial charge in [-0.05, 0) is 108 Å². The van der Waals surface area contributed by atoms with Crippen LogP contribution in [0.15, 0.2) is 115 Å². The van der Waals surface area contributed by atoms with Gasteiger partial charge in [0.15, 0.2) is 28.8 Å². The molecule has 0 spiro atoms. The minimum atomic E-state index is -5.00. The number of hydrogen-bond acceptors (Lipinski definition) is 14. The molecule has 14 nitrogen and oxygen atoms in total. The molecular weight excluding hydrogens is 874 g/mol. The molecule has 65 heavy (non-hydrogen) atoms. The summed E-state index contributed by atoms with van der Waals surface area (Å²) in [6, 6.07) is 21.0. The third-order valence-electron chi connectivity index (χ3n) is 8.98. The summed E-state index contributed by atoms with van der Waals surface area (Å²) in [5.74, 6) is -10.6. The molecule has 5 rings (SSSR count). The van der Waals surface area contributed by atoms with Crippen molar-refractivity contribution >= 4 is 47.0 Å². The Morgan fingerprint density at radius 3 is 1.40 bits per heavy atom. The van der Waals surface area contributed by atoms with Crippen LogP contribution in [0.1, 0.15) is 49.7 Å². The Balaban J connectivity index is 1.24. The zero-order chi connectivity index (χ0) is 47.7. The number of carbonyl (C=O) groups is 4. The van der Waals surface area contributed by atoms with Gasteiger partial charge < -0.3 is 50.1 Å². The number of ketones is 2. The predicted molar refractivity (Wildman–Crippen MR) is 220 cm³/mol. The van der Waals surface area contributed by atoms with Gasteiger partial charge in [-0.25, -0.2) is 9.59 Å². The van der Waals surface area contributed by atoms with E-state index < -0.39 is 65.9 Å². The van der Waals surface area contributed by atoms with E-state index in [9.17, 15) is 55.7 Å². The van der Waals surface area contributed by atoms with E-state index in [4.69, 9.17) is 30.4 Å². The van der Waals surface area contributed by atoms with Crippen LogP contribution >= 0.6 is 0 Å². The molecule has 0 saturated carbocycles. The molecule has 5 aromatic rings. The minimum absolute atomic E-state index is 0.00373. The quantitative estimate of drug-likeness (QED) is 0.0175. The van der Waals surface area contributed by atoms with Crippen LogP contribution in [0.5, 0.6) is 34.5 Å². The van der Waals surface area contributed by atoms with E-state index >= 15 is 0 Å². The fourth-order valence-corrected chi connectivity index (χ4v) is 5.95. The Morgan fingerprint density at radius 2 is 1.00 bits per heavy atom. The van der Waals surface area contributed by atoms with Crippen molar-refractivity contribution in [2.45, 2.75) is 30.9 Å². The summed E-state index contributed by atoms with van der Waals surface area (Å²) in [5, 5.41) is 22.6. The highest BCUT2D eigenvalue weighted by Gasteiger charge is 2.43. The first-order valence-corrected chi connectivity index (χ1v) is 18.6. The summed E-state index contributed by atoms with van der Waals surface area (Å²) in [4.78, 5) is 52.1. The van der Waals surface area contributed by atoms with Gasteiger partial charge in [0.25, 0.3) is 0 Å². The molecule has 1 atom stereocenters. The maximum Gasteiger partial charge on any atom is 0.573 e. The van der Waals surface area contributed by atoms with Gasteiger partial charge in [0.05, 0.1) is 31.3 Å². The molecule has 0 saturated heterocycles. The second-order valence-electron chi connectivity index (χ2n) is 13.7. The second-order valence-corrected chi connectivity index (χ2v) is 13.7. The van der Waals surface area contributed by atoms with Gasteiger partial charge in [-0.15, -0.1) is 26.3 Å². The van der Waals surface area contributed by atoms with Crippen LogP contribution in [0, 0.1) is 0 Å². The number of hydrogen-bond donors (Lipinski definition) is 4. The van der Waals surface area contributed by atoms with Crippen molar-refractivity contribution in [1.29, 1.82) is 0 Å². The fraction of sp³-hybridized carbons (Fsp3) is 0.156. The number of aliphatic hydroxyl groups is 2. The first kappa shape index (κ1) is 48.2. The Hall–Kier alpha value is -7.84. The van der Waals surface area contributed by atoms with Crippen molar-refractivity contribution in [3.63, 3.8) is 0 Å². The lowest BCUT2D eigenvalue weighted by molar-refractivity contribution is -0.276. The molecule has 1 unspecified atom stereocenters. The molecule has 0 bridgehead atoms. The number of esters is 2. The number of nitrogen functional groups attached to an aromatic ring is 2. The zero-order valence-corrected chi connectivity index (χ0v) is 33.8. The van der Waals surface area contributed by atoms with E-state index in [-0.39, 0.29) is 51.1 Å². The highest BCUT2D eigenvalue weighted by molar-refractivity contribution is 6.01. The minimum Gasteiger partial charge on any atom is -0.493 e. The van der Waals surface area contributed by atoms with Crippen molar-refractivity contribution in [1.82, 2.24) is 0 Å². The van der Waals surface area contributed by atoms with E-state index in [2.05, 4.69) is 9.47 Å². The van der Waals surface area contributed by atoms with Crippen molar-refractivity contribution in [2.75, 3.05) is 25.7 Å². The largest absolute Gasteiger partial charge is 0.573 e. The molecular formula is C45H36F6N2O12. The SMILES string of the molecule is COc1cc(C(=O)Oc2ccc(/C=C/C(=O)CC(c3cc(N)cc(N)c3)C(O)(O)C(=O)/C=C/c3ccc(OC(=O)c4ccc(OC(F)(F)F)c(OC)c4)cc3)cc2)ccc1OC(F)(F)F. The predicted octanol–water partition coefficient (Wildman–Crippen LogP) is 7.82. The summed E-state index contributed by atoms with van der Waals surface area (Å²) in [6.07, 6.45) is -6.09. The van der Waals surface area contributed by atoms with Crippen LogP contribution in [-0.2, 0) is 9.59 Å². The van der Waals surface area contributed by atoms with Crippen molar-refractivity contribution in [3.8, 4) is 34.5 Å². The van der Waals surface area contributed by atoms with E-state index in [1.165, 1.54) is 78.9 Å². The maximum atomic E-state index is 13.4. The number of rotatable bonds is 17. The van der Waals surface area contributed by atoms with Gasteiger partial charge in [-0.1, -0.05) is 36.4 Å². The topological polar surface area (TPSA) is 216 Å². The molecule has 0 fully saturated rings. The van der Waals surface area contributed by atoms with Crippen LogP contribution in [-0.4, -0.2) is 66.4 Å². The fourth-order valence-electron chi connectivity index (χ4n) is 5.95. The van der Waals surface area contributed by atoms with Crippen LogP contribution in [0.3, 0.4) is 0 Å². The molecule has 0 aliphatic heterocycles. The van der Waals surface area contributed by atoms with E-state index in [1.54, 1.807) is 0 Å². The molecule has 0 heterocycles. The van der Waals surface area contributed by atoms with Gasteiger partial charge in [-0.2, -0.15) is 0 Å². The van der Waals surface area contributed by atoms with Crippen molar-refractivity contribution < 1.29 is 84.2 Å². The third kappa shape index (κ3) is 13.6. The average molecular weight is 911 g/mol. The average Bonchev–Trinajstić information content (AvgIpc) is 3.23. The van der Waals surface area contributed by atoms with Gasteiger partial charge >= 0.3 is 24.7 Å². The molecule has 0 aliphatic rings. The van der Waals surface area contributed by atoms with Crippen molar-refractivity contribution in [2.24, 2.45) is 0 Å². The Morgan fingerprint density at radius 1 is 0.585 bits per heavy atom. The molecule has 0 radical (unpaired) electrons. The van der Waals surface area contributed by atoms with E-state index in [0.29, 0.717) is 11.1 Å². The number of anilines is 2. The molecule has 20 heteroatoms. The Kier molecular flexibility index (Phi) is 14.9. The lowest BCUT2D eigenvalue weighted by Gasteiger charge is -2.29. The Labute approximate surface area is 364 Å². The lowest BCUT2D eigenvalue weighted by Crippen LogP contribution is -2.44. The number of allylic oxidation sites excluding steroid dienone is 1. The number of carbonyl (C=O) groups excluding carboxylic acids is 4. The van der Waals surface area contributed by atoms with Gasteiger partial charge in [0.2, 0.25) is 11.6 Å². The molecule has 6 N–H and O–H groups in total. The zero-order valence-electron chi connectivity index (χ0n) is 33.8. The van der Waals surface area contributed by atoms with E-state index in [1.807, 2.05) is 0 Å². The summed E-state index contributed by atoms with van der Waals surface area (Å²) in [7, 11) is 2.18. The highest BCUT2D eigenvalue weighted by Crippen LogP contribution is 2.36. The summed E-state index contributed by atoms with van der Waals surface area (Å²) >= 11 is 0. The first-order valence-electron chi connectivity index (χ1n) is 18.6. The summed E-state index contributed by atoms with van der Waals surface area (Å²) in [5.41, 5.74) is 12.6. The maximum absolute atomic E-state index is 13.4. The Bertz CT molecular complexity index is 2590. The highest BCUT2D eigenvalue weighted by atomic mass is 19.4. The molecule has 340 valence electrons. The number of ether oxygens (including phenoxy) is 6. The number of benzene rings is 5.